The molecule has 1 aliphatic heterocycles. The molecule has 2 aromatic heterocycles. The van der Waals surface area contributed by atoms with Crippen LogP contribution in [0.25, 0.3) is 10.2 Å². The number of rotatable bonds is 3. The zero-order chi connectivity index (χ0) is 18.1. The van der Waals surface area contributed by atoms with E-state index in [1.165, 1.54) is 12.4 Å². The van der Waals surface area contributed by atoms with Gasteiger partial charge in [-0.25, -0.2) is 9.97 Å². The molecule has 0 saturated carbocycles. The minimum Gasteiger partial charge on any atom is -0.348 e. The van der Waals surface area contributed by atoms with E-state index in [4.69, 9.17) is 16.6 Å². The van der Waals surface area contributed by atoms with Gasteiger partial charge in [-0.2, -0.15) is 0 Å². The number of halogens is 1. The van der Waals surface area contributed by atoms with Crippen LogP contribution in [0.15, 0.2) is 30.7 Å². The standard InChI is InChI=1S/C18H18ClN5OS/c1-11-8-12(19)9-15-16(11)23-18(26-15)24-6-2-13(3-7-24)22-17(25)14-10-20-4-5-21-14/h4-5,8-10,13H,2-3,6-7H2,1H3,(H,22,25). The van der Waals surface area contributed by atoms with E-state index in [0.717, 1.165) is 51.9 Å². The van der Waals surface area contributed by atoms with Crippen molar-refractivity contribution in [1.82, 2.24) is 20.3 Å². The minimum absolute atomic E-state index is 0.145. The van der Waals surface area contributed by atoms with E-state index in [1.807, 2.05) is 19.1 Å². The minimum atomic E-state index is -0.165. The van der Waals surface area contributed by atoms with Gasteiger partial charge in [0.25, 0.3) is 5.91 Å². The van der Waals surface area contributed by atoms with Gasteiger partial charge in [0.15, 0.2) is 5.13 Å². The number of hydrogen-bond acceptors (Lipinski definition) is 6. The van der Waals surface area contributed by atoms with Gasteiger partial charge in [-0.1, -0.05) is 22.9 Å². The highest BCUT2D eigenvalue weighted by atomic mass is 35.5. The Morgan fingerprint density at radius 3 is 2.85 bits per heavy atom. The molecule has 3 heterocycles. The number of nitrogens with zero attached hydrogens (tertiary/aromatic N) is 4. The van der Waals surface area contributed by atoms with Crippen molar-refractivity contribution in [2.24, 2.45) is 0 Å². The van der Waals surface area contributed by atoms with Crippen LogP contribution in [-0.4, -0.2) is 40.0 Å². The maximum Gasteiger partial charge on any atom is 0.271 e. The molecule has 0 spiro atoms. The number of aromatic nitrogens is 3. The average molecular weight is 388 g/mol. The van der Waals surface area contributed by atoms with E-state index in [9.17, 15) is 4.79 Å². The maximum atomic E-state index is 12.2. The number of benzene rings is 1. The zero-order valence-corrected chi connectivity index (χ0v) is 15.8. The van der Waals surface area contributed by atoms with E-state index in [-0.39, 0.29) is 11.9 Å². The average Bonchev–Trinajstić information content (AvgIpc) is 3.07. The van der Waals surface area contributed by atoms with E-state index in [2.05, 4.69) is 20.2 Å². The lowest BCUT2D eigenvalue weighted by atomic mass is 10.1. The summed E-state index contributed by atoms with van der Waals surface area (Å²) in [6, 6.07) is 4.06. The normalized spacial score (nSPS) is 15.4. The molecule has 6 nitrogen and oxygen atoms in total. The van der Waals surface area contributed by atoms with Gasteiger partial charge >= 0.3 is 0 Å². The SMILES string of the molecule is Cc1cc(Cl)cc2sc(N3CCC(NC(=O)c4cnccn4)CC3)nc12. The first-order valence-corrected chi connectivity index (χ1v) is 9.68. The van der Waals surface area contributed by atoms with Crippen molar-refractivity contribution < 1.29 is 4.79 Å². The predicted octanol–water partition coefficient (Wildman–Crippen LogP) is 3.45. The van der Waals surface area contributed by atoms with Crippen molar-refractivity contribution in [2.75, 3.05) is 18.0 Å². The summed E-state index contributed by atoms with van der Waals surface area (Å²) in [5.41, 5.74) is 2.47. The van der Waals surface area contributed by atoms with Crippen molar-refractivity contribution >= 4 is 44.2 Å². The Morgan fingerprint density at radius 2 is 2.12 bits per heavy atom. The number of carbonyl (C=O) groups excluding carboxylic acids is 1. The second-order valence-corrected chi connectivity index (χ2v) is 7.84. The highest BCUT2D eigenvalue weighted by Gasteiger charge is 2.23. The van der Waals surface area contributed by atoms with Crippen LogP contribution in [0.4, 0.5) is 5.13 Å². The Morgan fingerprint density at radius 1 is 1.31 bits per heavy atom. The van der Waals surface area contributed by atoms with Gasteiger partial charge in [-0.3, -0.25) is 9.78 Å². The number of anilines is 1. The van der Waals surface area contributed by atoms with Gasteiger partial charge in [-0.15, -0.1) is 0 Å². The molecule has 1 fully saturated rings. The summed E-state index contributed by atoms with van der Waals surface area (Å²) in [6.45, 7) is 3.75. The molecule has 4 rings (SSSR count). The molecule has 0 radical (unpaired) electrons. The van der Waals surface area contributed by atoms with E-state index in [1.54, 1.807) is 17.5 Å². The quantitative estimate of drug-likeness (QED) is 0.745. The van der Waals surface area contributed by atoms with Crippen LogP contribution in [0, 0.1) is 6.92 Å². The van der Waals surface area contributed by atoms with Gasteiger partial charge in [-0.05, 0) is 37.5 Å². The molecule has 3 aromatic rings. The number of hydrogen-bond donors (Lipinski definition) is 1. The fourth-order valence-corrected chi connectivity index (χ4v) is 4.64. The summed E-state index contributed by atoms with van der Waals surface area (Å²) in [5, 5.41) is 4.81. The molecule has 0 aliphatic carbocycles. The second kappa shape index (κ2) is 7.17. The Bertz CT molecular complexity index is 937. The highest BCUT2D eigenvalue weighted by molar-refractivity contribution is 7.22. The van der Waals surface area contributed by atoms with Crippen molar-refractivity contribution in [3.63, 3.8) is 0 Å². The number of amides is 1. The zero-order valence-electron chi connectivity index (χ0n) is 14.3. The molecule has 8 heteroatoms. The lowest BCUT2D eigenvalue weighted by Gasteiger charge is -2.32. The Balaban J connectivity index is 1.41. The highest BCUT2D eigenvalue weighted by Crippen LogP contribution is 2.34. The van der Waals surface area contributed by atoms with Gasteiger partial charge in [0.1, 0.15) is 5.69 Å². The molecule has 1 saturated heterocycles. The molecule has 26 heavy (non-hydrogen) atoms. The van der Waals surface area contributed by atoms with Crippen molar-refractivity contribution in [1.29, 1.82) is 0 Å². The summed E-state index contributed by atoms with van der Waals surface area (Å²) in [7, 11) is 0. The maximum absolute atomic E-state index is 12.2. The first kappa shape index (κ1) is 17.2. The molecule has 0 atom stereocenters. The predicted molar refractivity (Wildman–Crippen MR) is 104 cm³/mol. The summed E-state index contributed by atoms with van der Waals surface area (Å²) in [4.78, 5) is 27.3. The van der Waals surface area contributed by atoms with E-state index < -0.39 is 0 Å². The van der Waals surface area contributed by atoms with Crippen molar-refractivity contribution in [3.8, 4) is 0 Å². The fourth-order valence-electron chi connectivity index (χ4n) is 3.17. The Labute approximate surface area is 160 Å². The number of thiazole rings is 1. The lowest BCUT2D eigenvalue weighted by molar-refractivity contribution is 0.0925. The molecule has 0 unspecified atom stereocenters. The van der Waals surface area contributed by atoms with Crippen LogP contribution in [0.3, 0.4) is 0 Å². The first-order chi connectivity index (χ1) is 12.6. The van der Waals surface area contributed by atoms with Crippen LogP contribution in [0.5, 0.6) is 0 Å². The van der Waals surface area contributed by atoms with Crippen LogP contribution in [0.2, 0.25) is 5.02 Å². The first-order valence-electron chi connectivity index (χ1n) is 8.48. The summed E-state index contributed by atoms with van der Waals surface area (Å²) >= 11 is 7.82. The number of piperidine rings is 1. The van der Waals surface area contributed by atoms with Crippen LogP contribution < -0.4 is 10.2 Å². The lowest BCUT2D eigenvalue weighted by Crippen LogP contribution is -2.44. The summed E-state index contributed by atoms with van der Waals surface area (Å²) < 4.78 is 1.11. The van der Waals surface area contributed by atoms with Gasteiger partial charge in [0, 0.05) is 36.5 Å². The van der Waals surface area contributed by atoms with Crippen LogP contribution >= 0.6 is 22.9 Å². The van der Waals surface area contributed by atoms with E-state index >= 15 is 0 Å². The van der Waals surface area contributed by atoms with Gasteiger partial charge in [0.05, 0.1) is 16.4 Å². The number of aryl methyl sites for hydroxylation is 1. The summed E-state index contributed by atoms with van der Waals surface area (Å²) in [6.07, 6.45) is 6.32. The molecule has 134 valence electrons. The Hall–Kier alpha value is -2.25. The van der Waals surface area contributed by atoms with Gasteiger partial charge in [0.2, 0.25) is 0 Å². The molecular formula is C18H18ClN5OS. The smallest absolute Gasteiger partial charge is 0.271 e. The Kier molecular flexibility index (Phi) is 4.74. The molecule has 1 aliphatic rings. The molecule has 0 bridgehead atoms. The molecule has 1 aromatic carbocycles. The third-order valence-electron chi connectivity index (χ3n) is 4.54. The molecule has 1 amide bonds. The number of carbonyl (C=O) groups is 1. The molecular weight excluding hydrogens is 370 g/mol. The number of fused-ring (bicyclic) bond motifs is 1. The monoisotopic (exact) mass is 387 g/mol. The molecule has 1 N–H and O–H groups in total. The third-order valence-corrected chi connectivity index (χ3v) is 5.82. The second-order valence-electron chi connectivity index (χ2n) is 6.39. The topological polar surface area (TPSA) is 71.0 Å². The third kappa shape index (κ3) is 3.50. The van der Waals surface area contributed by atoms with Crippen molar-refractivity contribution in [2.45, 2.75) is 25.8 Å². The number of nitrogens with one attached hydrogen (secondary N) is 1. The fraction of sp³-hybridized carbons (Fsp3) is 0.333. The van der Waals surface area contributed by atoms with Crippen molar-refractivity contribution in [3.05, 3.63) is 47.0 Å². The summed E-state index contributed by atoms with van der Waals surface area (Å²) in [5.74, 6) is -0.165. The van der Waals surface area contributed by atoms with Crippen LogP contribution in [-0.2, 0) is 0 Å². The van der Waals surface area contributed by atoms with E-state index in [0.29, 0.717) is 5.69 Å². The van der Waals surface area contributed by atoms with Gasteiger partial charge < -0.3 is 10.2 Å². The van der Waals surface area contributed by atoms with Crippen LogP contribution in [0.1, 0.15) is 28.9 Å². The largest absolute Gasteiger partial charge is 0.348 e.